The lowest BCUT2D eigenvalue weighted by atomic mass is 10.2. The number of hydrogen-bond acceptors (Lipinski definition) is 5. The zero-order chi connectivity index (χ0) is 21.2. The van der Waals surface area contributed by atoms with E-state index in [2.05, 4.69) is 4.98 Å². The SMILES string of the molecule is O=C(Cn1c(C(F)(F)F)nc2ccccc21)NNC(=O)c1cccc([N+](=O)[O-])c1. The van der Waals surface area contributed by atoms with E-state index in [1.165, 1.54) is 42.5 Å². The second-order valence-electron chi connectivity index (χ2n) is 5.82. The van der Waals surface area contributed by atoms with E-state index < -0.39 is 35.3 Å². The fourth-order valence-electron chi connectivity index (χ4n) is 2.59. The molecule has 1 heterocycles. The summed E-state index contributed by atoms with van der Waals surface area (Å²) in [7, 11) is 0. The maximum atomic E-state index is 13.2. The number of carbonyl (C=O) groups excluding carboxylic acids is 2. The van der Waals surface area contributed by atoms with Gasteiger partial charge in [0.15, 0.2) is 0 Å². The quantitative estimate of drug-likeness (QED) is 0.509. The third-order valence-electron chi connectivity index (χ3n) is 3.84. The van der Waals surface area contributed by atoms with E-state index in [-0.39, 0.29) is 22.3 Å². The molecule has 0 fully saturated rings. The number of benzene rings is 2. The molecule has 2 N–H and O–H groups in total. The predicted molar refractivity (Wildman–Crippen MR) is 93.4 cm³/mol. The molecule has 3 aromatic rings. The summed E-state index contributed by atoms with van der Waals surface area (Å²) in [5.41, 5.74) is 3.72. The molecule has 0 saturated carbocycles. The van der Waals surface area contributed by atoms with Gasteiger partial charge < -0.3 is 4.57 Å². The van der Waals surface area contributed by atoms with Crippen LogP contribution in [0.15, 0.2) is 48.5 Å². The molecule has 0 aliphatic rings. The zero-order valence-electron chi connectivity index (χ0n) is 14.4. The Morgan fingerprint density at radius 1 is 1.10 bits per heavy atom. The first kappa shape index (κ1) is 19.8. The molecule has 2 amide bonds. The van der Waals surface area contributed by atoms with Crippen molar-refractivity contribution in [2.75, 3.05) is 0 Å². The third-order valence-corrected chi connectivity index (χ3v) is 3.84. The molecule has 3 rings (SSSR count). The van der Waals surface area contributed by atoms with Crippen LogP contribution in [0.4, 0.5) is 18.9 Å². The van der Waals surface area contributed by atoms with Crippen LogP contribution in [0.3, 0.4) is 0 Å². The molecule has 0 spiro atoms. The molecule has 2 aromatic carbocycles. The van der Waals surface area contributed by atoms with Crippen LogP contribution in [-0.4, -0.2) is 26.3 Å². The Labute approximate surface area is 160 Å². The van der Waals surface area contributed by atoms with Crippen LogP contribution in [0.5, 0.6) is 0 Å². The molecular weight excluding hydrogens is 395 g/mol. The minimum Gasteiger partial charge on any atom is -0.311 e. The molecular formula is C17H12F3N5O4. The van der Waals surface area contributed by atoms with Crippen LogP contribution in [0.2, 0.25) is 0 Å². The smallest absolute Gasteiger partial charge is 0.311 e. The lowest BCUT2D eigenvalue weighted by Gasteiger charge is -2.12. The third kappa shape index (κ3) is 4.31. The Hall–Kier alpha value is -3.96. The highest BCUT2D eigenvalue weighted by Crippen LogP contribution is 2.31. The van der Waals surface area contributed by atoms with Crippen LogP contribution in [-0.2, 0) is 17.5 Å². The van der Waals surface area contributed by atoms with E-state index in [1.54, 1.807) is 0 Å². The Kier molecular flexibility index (Phi) is 5.17. The number of halogens is 3. The van der Waals surface area contributed by atoms with Gasteiger partial charge in [0.2, 0.25) is 5.82 Å². The van der Waals surface area contributed by atoms with E-state index in [0.717, 1.165) is 6.07 Å². The van der Waals surface area contributed by atoms with E-state index in [0.29, 0.717) is 4.57 Å². The average Bonchev–Trinajstić information content (AvgIpc) is 3.05. The van der Waals surface area contributed by atoms with E-state index >= 15 is 0 Å². The van der Waals surface area contributed by atoms with Crippen LogP contribution in [0.25, 0.3) is 11.0 Å². The van der Waals surface area contributed by atoms with Crippen LogP contribution < -0.4 is 10.9 Å². The average molecular weight is 407 g/mol. The summed E-state index contributed by atoms with van der Waals surface area (Å²) in [4.78, 5) is 37.7. The second-order valence-corrected chi connectivity index (χ2v) is 5.82. The number of fused-ring (bicyclic) bond motifs is 1. The number of amides is 2. The fourth-order valence-corrected chi connectivity index (χ4v) is 2.59. The van der Waals surface area contributed by atoms with Crippen molar-refractivity contribution in [3.63, 3.8) is 0 Å². The first-order valence-electron chi connectivity index (χ1n) is 8.03. The monoisotopic (exact) mass is 407 g/mol. The topological polar surface area (TPSA) is 119 Å². The maximum absolute atomic E-state index is 13.2. The summed E-state index contributed by atoms with van der Waals surface area (Å²) >= 11 is 0. The summed E-state index contributed by atoms with van der Waals surface area (Å²) in [5.74, 6) is -3.06. The van der Waals surface area contributed by atoms with Crippen molar-refractivity contribution in [3.05, 3.63) is 70.0 Å². The van der Waals surface area contributed by atoms with E-state index in [4.69, 9.17) is 0 Å². The number of nitrogens with one attached hydrogen (secondary N) is 2. The van der Waals surface area contributed by atoms with E-state index in [9.17, 15) is 32.9 Å². The van der Waals surface area contributed by atoms with Crippen LogP contribution >= 0.6 is 0 Å². The summed E-state index contributed by atoms with van der Waals surface area (Å²) in [6.07, 6.45) is -4.79. The molecule has 0 aliphatic heterocycles. The van der Waals surface area contributed by atoms with Gasteiger partial charge in [0.05, 0.1) is 16.0 Å². The van der Waals surface area contributed by atoms with Gasteiger partial charge in [-0.3, -0.25) is 30.6 Å². The molecule has 0 atom stereocenters. The van der Waals surface area contributed by atoms with Gasteiger partial charge in [0.1, 0.15) is 6.54 Å². The predicted octanol–water partition coefficient (Wildman–Crippen LogP) is 2.42. The molecule has 0 radical (unpaired) electrons. The molecule has 0 saturated heterocycles. The summed E-state index contributed by atoms with van der Waals surface area (Å²) in [6, 6.07) is 10.5. The molecule has 150 valence electrons. The highest BCUT2D eigenvalue weighted by Gasteiger charge is 2.38. The lowest BCUT2D eigenvalue weighted by molar-refractivity contribution is -0.384. The largest absolute Gasteiger partial charge is 0.449 e. The first-order valence-corrected chi connectivity index (χ1v) is 8.03. The first-order chi connectivity index (χ1) is 13.7. The fraction of sp³-hybridized carbons (Fsp3) is 0.118. The molecule has 12 heteroatoms. The summed E-state index contributed by atoms with van der Waals surface area (Å²) in [5, 5.41) is 10.7. The van der Waals surface area contributed by atoms with Crippen molar-refractivity contribution in [1.29, 1.82) is 0 Å². The van der Waals surface area contributed by atoms with Crippen molar-refractivity contribution in [2.45, 2.75) is 12.7 Å². The Morgan fingerprint density at radius 2 is 1.83 bits per heavy atom. The molecule has 0 unspecified atom stereocenters. The maximum Gasteiger partial charge on any atom is 0.449 e. The Bertz CT molecular complexity index is 1110. The number of alkyl halides is 3. The minimum absolute atomic E-state index is 0.0632. The Balaban J connectivity index is 1.74. The van der Waals surface area contributed by atoms with Crippen molar-refractivity contribution in [1.82, 2.24) is 20.4 Å². The number of nitrogens with zero attached hydrogens (tertiary/aromatic N) is 3. The number of rotatable bonds is 4. The highest BCUT2D eigenvalue weighted by molar-refractivity contribution is 5.96. The zero-order valence-corrected chi connectivity index (χ0v) is 14.4. The van der Waals surface area contributed by atoms with Crippen molar-refractivity contribution < 1.29 is 27.7 Å². The van der Waals surface area contributed by atoms with Gasteiger partial charge in [-0.15, -0.1) is 0 Å². The molecule has 0 bridgehead atoms. The van der Waals surface area contributed by atoms with Crippen LogP contribution in [0, 0.1) is 10.1 Å². The van der Waals surface area contributed by atoms with Gasteiger partial charge in [0, 0.05) is 17.7 Å². The molecule has 9 nitrogen and oxygen atoms in total. The number of carbonyl (C=O) groups is 2. The van der Waals surface area contributed by atoms with Crippen molar-refractivity contribution in [2.24, 2.45) is 0 Å². The summed E-state index contributed by atoms with van der Waals surface area (Å²) in [6.45, 7) is -0.759. The van der Waals surface area contributed by atoms with Crippen molar-refractivity contribution >= 4 is 28.5 Å². The normalized spacial score (nSPS) is 11.3. The number of aromatic nitrogens is 2. The molecule has 0 aliphatic carbocycles. The number of nitro groups is 1. The Morgan fingerprint density at radius 3 is 2.52 bits per heavy atom. The molecule has 29 heavy (non-hydrogen) atoms. The van der Waals surface area contributed by atoms with Gasteiger partial charge in [-0.05, 0) is 18.2 Å². The van der Waals surface area contributed by atoms with Gasteiger partial charge >= 0.3 is 6.18 Å². The van der Waals surface area contributed by atoms with Gasteiger partial charge in [-0.2, -0.15) is 13.2 Å². The number of para-hydroxylation sites is 2. The molecule has 1 aromatic heterocycles. The number of hydrogen-bond donors (Lipinski definition) is 2. The lowest BCUT2D eigenvalue weighted by Crippen LogP contribution is -2.43. The standard InChI is InChI=1S/C17H12F3N5O4/c18-17(19,20)16-21-12-6-1-2-7-13(12)24(16)9-14(26)22-23-15(27)10-4-3-5-11(8-10)25(28)29/h1-8H,9H2,(H,22,26)(H,23,27). The van der Waals surface area contributed by atoms with Gasteiger partial charge in [0.25, 0.3) is 17.5 Å². The van der Waals surface area contributed by atoms with Crippen LogP contribution in [0.1, 0.15) is 16.2 Å². The van der Waals surface area contributed by atoms with Gasteiger partial charge in [-0.25, -0.2) is 4.98 Å². The number of nitro benzene ring substituents is 1. The highest BCUT2D eigenvalue weighted by atomic mass is 19.4. The number of non-ortho nitro benzene ring substituents is 1. The number of hydrazine groups is 1. The second kappa shape index (κ2) is 7.58. The minimum atomic E-state index is -4.79. The van der Waals surface area contributed by atoms with Gasteiger partial charge in [-0.1, -0.05) is 18.2 Å². The van der Waals surface area contributed by atoms with E-state index in [1.807, 2.05) is 10.9 Å². The number of imidazole rings is 1. The summed E-state index contributed by atoms with van der Waals surface area (Å²) < 4.78 is 40.4. The van der Waals surface area contributed by atoms with Crippen molar-refractivity contribution in [3.8, 4) is 0 Å².